The molecule has 0 radical (unpaired) electrons. The number of hydrogen-bond acceptors (Lipinski definition) is 2. The van der Waals surface area contributed by atoms with Gasteiger partial charge in [0.25, 0.3) is 0 Å². The third-order valence-electron chi connectivity index (χ3n) is 3.69. The topological polar surface area (TPSA) is 41.1 Å². The molecule has 2 rings (SSSR count). The van der Waals surface area contributed by atoms with E-state index in [0.29, 0.717) is 5.92 Å². The second kappa shape index (κ2) is 6.53. The van der Waals surface area contributed by atoms with Crippen molar-refractivity contribution in [2.75, 3.05) is 6.54 Å². The first-order valence-electron chi connectivity index (χ1n) is 6.85. The van der Waals surface area contributed by atoms with Crippen molar-refractivity contribution in [2.45, 2.75) is 38.8 Å². The third kappa shape index (κ3) is 4.05. The van der Waals surface area contributed by atoms with Crippen LogP contribution in [0.15, 0.2) is 28.7 Å². The van der Waals surface area contributed by atoms with Crippen molar-refractivity contribution >= 4 is 21.8 Å². The minimum absolute atomic E-state index is 0.0315. The van der Waals surface area contributed by atoms with Crippen LogP contribution < -0.4 is 10.6 Å². The molecular weight excluding hydrogens is 304 g/mol. The average molecular weight is 325 g/mol. The van der Waals surface area contributed by atoms with E-state index in [1.54, 1.807) is 0 Å². The Morgan fingerprint density at radius 2 is 2.32 bits per heavy atom. The van der Waals surface area contributed by atoms with Crippen molar-refractivity contribution in [1.29, 1.82) is 0 Å². The Hall–Kier alpha value is -0.870. The molecule has 3 atom stereocenters. The molecule has 104 valence electrons. The molecule has 1 saturated heterocycles. The fourth-order valence-electron chi connectivity index (χ4n) is 2.48. The number of halogens is 1. The van der Waals surface area contributed by atoms with E-state index in [9.17, 15) is 4.79 Å². The number of hydrogen-bond donors (Lipinski definition) is 2. The molecule has 1 amide bonds. The molecule has 2 unspecified atom stereocenters. The first kappa shape index (κ1) is 14.5. The van der Waals surface area contributed by atoms with Gasteiger partial charge in [0.2, 0.25) is 5.91 Å². The molecule has 4 heteroatoms. The van der Waals surface area contributed by atoms with Gasteiger partial charge in [0, 0.05) is 4.47 Å². The molecule has 1 aliphatic heterocycles. The maximum atomic E-state index is 12.2. The summed E-state index contributed by atoms with van der Waals surface area (Å²) in [5.41, 5.74) is 1.12. The molecule has 3 nitrogen and oxygen atoms in total. The van der Waals surface area contributed by atoms with Crippen molar-refractivity contribution in [3.63, 3.8) is 0 Å². The van der Waals surface area contributed by atoms with Gasteiger partial charge in [0.05, 0.1) is 12.1 Å². The van der Waals surface area contributed by atoms with E-state index in [1.165, 1.54) is 0 Å². The summed E-state index contributed by atoms with van der Waals surface area (Å²) in [4.78, 5) is 12.2. The zero-order valence-electron chi connectivity index (χ0n) is 11.4. The number of amides is 1. The highest BCUT2D eigenvalue weighted by Gasteiger charge is 2.25. The van der Waals surface area contributed by atoms with Crippen LogP contribution in [0.4, 0.5) is 0 Å². The van der Waals surface area contributed by atoms with Crippen LogP contribution in [0.1, 0.15) is 38.3 Å². The quantitative estimate of drug-likeness (QED) is 0.897. The van der Waals surface area contributed by atoms with Gasteiger partial charge in [-0.25, -0.2) is 0 Å². The summed E-state index contributed by atoms with van der Waals surface area (Å²) in [6.45, 7) is 5.16. The van der Waals surface area contributed by atoms with Gasteiger partial charge >= 0.3 is 0 Å². The molecule has 2 N–H and O–H groups in total. The molecule has 0 saturated carbocycles. The molecular formula is C15H21BrN2O. The zero-order valence-corrected chi connectivity index (χ0v) is 13.0. The van der Waals surface area contributed by atoms with E-state index in [-0.39, 0.29) is 18.0 Å². The first-order chi connectivity index (χ1) is 9.06. The molecule has 1 aromatic rings. The van der Waals surface area contributed by atoms with Crippen LogP contribution >= 0.6 is 15.9 Å². The van der Waals surface area contributed by atoms with Crippen LogP contribution in [0.25, 0.3) is 0 Å². The summed E-state index contributed by atoms with van der Waals surface area (Å²) in [6, 6.07) is 8.04. The Bertz CT molecular complexity index is 450. The molecule has 19 heavy (non-hydrogen) atoms. The maximum Gasteiger partial charge on any atom is 0.237 e. The second-order valence-electron chi connectivity index (χ2n) is 5.42. The van der Waals surface area contributed by atoms with Crippen LogP contribution in [0.3, 0.4) is 0 Å². The molecule has 1 aliphatic rings. The van der Waals surface area contributed by atoms with Crippen molar-refractivity contribution < 1.29 is 4.79 Å². The van der Waals surface area contributed by atoms with Gasteiger partial charge < -0.3 is 10.6 Å². The summed E-state index contributed by atoms with van der Waals surface area (Å²) in [6.07, 6.45) is 2.09. The monoisotopic (exact) mass is 324 g/mol. The summed E-state index contributed by atoms with van der Waals surface area (Å²) in [7, 11) is 0. The molecule has 0 bridgehead atoms. The van der Waals surface area contributed by atoms with E-state index in [1.807, 2.05) is 31.2 Å². The normalized spacial score (nSPS) is 24.8. The Morgan fingerprint density at radius 3 is 3.00 bits per heavy atom. The Labute approximate surface area is 123 Å². The van der Waals surface area contributed by atoms with E-state index >= 15 is 0 Å². The van der Waals surface area contributed by atoms with Gasteiger partial charge in [-0.05, 0) is 49.9 Å². The van der Waals surface area contributed by atoms with Crippen LogP contribution in [-0.2, 0) is 4.79 Å². The van der Waals surface area contributed by atoms with Crippen molar-refractivity contribution in [3.8, 4) is 0 Å². The highest BCUT2D eigenvalue weighted by Crippen LogP contribution is 2.19. The van der Waals surface area contributed by atoms with Crippen LogP contribution in [-0.4, -0.2) is 18.5 Å². The summed E-state index contributed by atoms with van der Waals surface area (Å²) >= 11 is 3.46. The highest BCUT2D eigenvalue weighted by molar-refractivity contribution is 9.10. The van der Waals surface area contributed by atoms with Gasteiger partial charge in [-0.1, -0.05) is 35.0 Å². The number of carbonyl (C=O) groups is 1. The second-order valence-corrected chi connectivity index (χ2v) is 6.34. The number of carbonyl (C=O) groups excluding carboxylic acids is 1. The fraction of sp³-hybridized carbons (Fsp3) is 0.533. The smallest absolute Gasteiger partial charge is 0.237 e. The highest BCUT2D eigenvalue weighted by atomic mass is 79.9. The van der Waals surface area contributed by atoms with Gasteiger partial charge in [0.15, 0.2) is 0 Å². The Balaban J connectivity index is 1.94. The number of rotatable bonds is 3. The average Bonchev–Trinajstić information content (AvgIpc) is 2.38. The van der Waals surface area contributed by atoms with Crippen LogP contribution in [0, 0.1) is 5.92 Å². The summed E-state index contributed by atoms with van der Waals surface area (Å²) in [5, 5.41) is 6.39. The van der Waals surface area contributed by atoms with Gasteiger partial charge in [-0.15, -0.1) is 0 Å². The van der Waals surface area contributed by atoms with E-state index < -0.39 is 0 Å². The lowest BCUT2D eigenvalue weighted by Crippen LogP contribution is -2.48. The summed E-state index contributed by atoms with van der Waals surface area (Å²) in [5.74, 6) is 0.734. The minimum Gasteiger partial charge on any atom is -0.348 e. The van der Waals surface area contributed by atoms with E-state index in [2.05, 4.69) is 33.5 Å². The number of nitrogens with one attached hydrogen (secondary N) is 2. The van der Waals surface area contributed by atoms with Gasteiger partial charge in [-0.3, -0.25) is 4.79 Å². The first-order valence-corrected chi connectivity index (χ1v) is 7.65. The largest absolute Gasteiger partial charge is 0.348 e. The van der Waals surface area contributed by atoms with Crippen LogP contribution in [0.5, 0.6) is 0 Å². The predicted molar refractivity (Wildman–Crippen MR) is 80.9 cm³/mol. The van der Waals surface area contributed by atoms with Crippen molar-refractivity contribution in [1.82, 2.24) is 10.6 Å². The molecule has 1 heterocycles. The molecule has 1 fully saturated rings. The number of benzene rings is 1. The lowest BCUT2D eigenvalue weighted by molar-refractivity contribution is -0.124. The lowest BCUT2D eigenvalue weighted by atomic mass is 9.93. The molecule has 0 spiro atoms. The summed E-state index contributed by atoms with van der Waals surface area (Å²) < 4.78 is 1.04. The van der Waals surface area contributed by atoms with Gasteiger partial charge in [-0.2, -0.15) is 0 Å². The van der Waals surface area contributed by atoms with Crippen LogP contribution in [0.2, 0.25) is 0 Å². The third-order valence-corrected chi connectivity index (χ3v) is 4.18. The molecule has 1 aromatic carbocycles. The van der Waals surface area contributed by atoms with E-state index in [4.69, 9.17) is 0 Å². The maximum absolute atomic E-state index is 12.2. The number of piperidine rings is 1. The van der Waals surface area contributed by atoms with Crippen molar-refractivity contribution in [3.05, 3.63) is 34.3 Å². The lowest BCUT2D eigenvalue weighted by Gasteiger charge is -2.28. The fourth-order valence-corrected chi connectivity index (χ4v) is 2.90. The van der Waals surface area contributed by atoms with E-state index in [0.717, 1.165) is 29.4 Å². The molecule has 0 aliphatic carbocycles. The molecule has 0 aromatic heterocycles. The van der Waals surface area contributed by atoms with Crippen molar-refractivity contribution in [2.24, 2.45) is 5.92 Å². The zero-order chi connectivity index (χ0) is 13.8. The van der Waals surface area contributed by atoms with Gasteiger partial charge in [0.1, 0.15) is 0 Å². The SMILES string of the molecule is CC1CCNC(C(=O)N[C@@H](C)c2cccc(Br)c2)C1. The Morgan fingerprint density at radius 1 is 1.53 bits per heavy atom. The predicted octanol–water partition coefficient (Wildman–Crippen LogP) is 3.01. The Kier molecular flexibility index (Phi) is 4.99. The minimum atomic E-state index is -0.0432. The standard InChI is InChI=1S/C15H21BrN2O/c1-10-6-7-17-14(8-10)15(19)18-11(2)12-4-3-5-13(16)9-12/h3-5,9-11,14,17H,6-8H2,1-2H3,(H,18,19)/t10?,11-,14?/m0/s1.